The number of methoxy groups -OCH3 is 1. The molecule has 0 unspecified atom stereocenters. The van der Waals surface area contributed by atoms with E-state index in [1.165, 1.54) is 11.3 Å². The van der Waals surface area contributed by atoms with E-state index in [0.29, 0.717) is 27.8 Å². The van der Waals surface area contributed by atoms with Gasteiger partial charge in [-0.15, -0.1) is 11.3 Å². The highest BCUT2D eigenvalue weighted by Gasteiger charge is 2.16. The van der Waals surface area contributed by atoms with E-state index in [-0.39, 0.29) is 11.9 Å². The molecule has 1 amide bonds. The van der Waals surface area contributed by atoms with Crippen molar-refractivity contribution in [1.82, 2.24) is 0 Å². The maximum absolute atomic E-state index is 12.2. The molecule has 5 nitrogen and oxygen atoms in total. The van der Waals surface area contributed by atoms with Gasteiger partial charge in [-0.2, -0.15) is 0 Å². The zero-order chi connectivity index (χ0) is 16.1. The lowest BCUT2D eigenvalue weighted by Crippen LogP contribution is -2.10. The second-order valence-electron chi connectivity index (χ2n) is 4.53. The number of thiophene rings is 1. The molecule has 116 valence electrons. The van der Waals surface area contributed by atoms with Crippen molar-refractivity contribution in [3.05, 3.63) is 46.3 Å². The van der Waals surface area contributed by atoms with Gasteiger partial charge < -0.3 is 14.8 Å². The molecule has 0 aliphatic heterocycles. The standard InChI is InChI=1S/C16H17NO4S/c1-4-21-16(19)14-10(2)9-13(22-14)17-15(18)11-5-7-12(20-3)8-6-11/h5-9H,4H2,1-3H3,(H,17,18). The fourth-order valence-corrected chi connectivity index (χ4v) is 2.83. The second kappa shape index (κ2) is 7.09. The molecular formula is C16H17NO4S. The third kappa shape index (κ3) is 3.65. The zero-order valence-electron chi connectivity index (χ0n) is 12.6. The van der Waals surface area contributed by atoms with Crippen LogP contribution in [0.25, 0.3) is 0 Å². The number of carbonyl (C=O) groups is 2. The van der Waals surface area contributed by atoms with Crippen LogP contribution >= 0.6 is 11.3 Å². The summed E-state index contributed by atoms with van der Waals surface area (Å²) in [6.07, 6.45) is 0. The van der Waals surface area contributed by atoms with Crippen LogP contribution in [0.5, 0.6) is 5.75 Å². The molecule has 0 saturated carbocycles. The molecular weight excluding hydrogens is 302 g/mol. The van der Waals surface area contributed by atoms with Crippen molar-refractivity contribution >= 4 is 28.2 Å². The van der Waals surface area contributed by atoms with Crippen LogP contribution in [0.15, 0.2) is 30.3 Å². The predicted octanol–water partition coefficient (Wildman–Crippen LogP) is 3.49. The van der Waals surface area contributed by atoms with Crippen LogP contribution in [0.3, 0.4) is 0 Å². The minimum atomic E-state index is -0.366. The normalized spacial score (nSPS) is 10.1. The van der Waals surface area contributed by atoms with E-state index in [9.17, 15) is 9.59 Å². The smallest absolute Gasteiger partial charge is 0.348 e. The number of amides is 1. The van der Waals surface area contributed by atoms with Gasteiger partial charge in [-0.25, -0.2) is 4.79 Å². The molecule has 0 aliphatic rings. The molecule has 0 fully saturated rings. The summed E-state index contributed by atoms with van der Waals surface area (Å²) in [5.41, 5.74) is 1.30. The van der Waals surface area contributed by atoms with Crippen molar-refractivity contribution in [1.29, 1.82) is 0 Å². The molecule has 1 aromatic carbocycles. The SMILES string of the molecule is CCOC(=O)c1sc(NC(=O)c2ccc(OC)cc2)cc1C. The Hall–Kier alpha value is -2.34. The maximum Gasteiger partial charge on any atom is 0.348 e. The van der Waals surface area contributed by atoms with E-state index in [2.05, 4.69) is 5.32 Å². The molecule has 0 atom stereocenters. The van der Waals surface area contributed by atoms with Crippen LogP contribution in [0.2, 0.25) is 0 Å². The van der Waals surface area contributed by atoms with Crippen LogP contribution < -0.4 is 10.1 Å². The molecule has 2 rings (SSSR count). The summed E-state index contributed by atoms with van der Waals surface area (Å²) in [7, 11) is 1.57. The number of ether oxygens (including phenoxy) is 2. The Balaban J connectivity index is 2.11. The van der Waals surface area contributed by atoms with Gasteiger partial charge in [0, 0.05) is 5.56 Å². The van der Waals surface area contributed by atoms with Crippen LogP contribution in [-0.4, -0.2) is 25.6 Å². The Morgan fingerprint density at radius 2 is 1.91 bits per heavy atom. The van der Waals surface area contributed by atoms with Gasteiger partial charge >= 0.3 is 5.97 Å². The Morgan fingerprint density at radius 1 is 1.23 bits per heavy atom. The van der Waals surface area contributed by atoms with E-state index in [1.54, 1.807) is 44.4 Å². The molecule has 0 saturated heterocycles. The monoisotopic (exact) mass is 319 g/mol. The second-order valence-corrected chi connectivity index (χ2v) is 5.58. The number of carbonyl (C=O) groups excluding carboxylic acids is 2. The lowest BCUT2D eigenvalue weighted by Gasteiger charge is -2.04. The molecule has 0 spiro atoms. The summed E-state index contributed by atoms with van der Waals surface area (Å²) >= 11 is 1.21. The molecule has 0 radical (unpaired) electrons. The minimum Gasteiger partial charge on any atom is -0.497 e. The third-order valence-corrected chi connectivity index (χ3v) is 4.10. The average Bonchev–Trinajstić information content (AvgIpc) is 2.88. The van der Waals surface area contributed by atoms with Crippen LogP contribution in [-0.2, 0) is 4.74 Å². The van der Waals surface area contributed by atoms with Crippen LogP contribution in [0.4, 0.5) is 5.00 Å². The number of anilines is 1. The van der Waals surface area contributed by atoms with Crippen molar-refractivity contribution < 1.29 is 19.1 Å². The number of hydrogen-bond donors (Lipinski definition) is 1. The Bertz CT molecular complexity index is 676. The summed E-state index contributed by atoms with van der Waals surface area (Å²) < 4.78 is 10.0. The lowest BCUT2D eigenvalue weighted by atomic mass is 10.2. The molecule has 2 aromatic rings. The molecule has 22 heavy (non-hydrogen) atoms. The number of hydrogen-bond acceptors (Lipinski definition) is 5. The Morgan fingerprint density at radius 3 is 2.50 bits per heavy atom. The maximum atomic E-state index is 12.2. The lowest BCUT2D eigenvalue weighted by molar-refractivity contribution is 0.0531. The molecule has 6 heteroatoms. The van der Waals surface area contributed by atoms with Gasteiger partial charge in [-0.05, 0) is 49.7 Å². The first-order valence-corrected chi connectivity index (χ1v) is 7.59. The summed E-state index contributed by atoms with van der Waals surface area (Å²) in [5, 5.41) is 3.40. The van der Waals surface area contributed by atoms with Gasteiger partial charge in [0.15, 0.2) is 0 Å². The van der Waals surface area contributed by atoms with Crippen molar-refractivity contribution in [2.75, 3.05) is 19.0 Å². The first-order chi connectivity index (χ1) is 10.5. The van der Waals surface area contributed by atoms with E-state index in [4.69, 9.17) is 9.47 Å². The fraction of sp³-hybridized carbons (Fsp3) is 0.250. The Labute approximate surface area is 132 Å². The number of nitrogens with one attached hydrogen (secondary N) is 1. The highest BCUT2D eigenvalue weighted by molar-refractivity contribution is 7.18. The summed E-state index contributed by atoms with van der Waals surface area (Å²) in [6, 6.07) is 8.57. The molecule has 1 heterocycles. The van der Waals surface area contributed by atoms with Gasteiger partial charge in [-0.3, -0.25) is 4.79 Å². The number of aryl methyl sites for hydroxylation is 1. The van der Waals surface area contributed by atoms with Crippen LogP contribution in [0.1, 0.15) is 32.5 Å². The summed E-state index contributed by atoms with van der Waals surface area (Å²) in [6.45, 7) is 3.89. The largest absolute Gasteiger partial charge is 0.497 e. The fourth-order valence-electron chi connectivity index (χ4n) is 1.87. The molecule has 1 N–H and O–H groups in total. The first-order valence-electron chi connectivity index (χ1n) is 6.78. The number of benzene rings is 1. The number of rotatable bonds is 5. The highest BCUT2D eigenvalue weighted by Crippen LogP contribution is 2.28. The van der Waals surface area contributed by atoms with Crippen molar-refractivity contribution in [2.24, 2.45) is 0 Å². The van der Waals surface area contributed by atoms with Crippen molar-refractivity contribution in [3.8, 4) is 5.75 Å². The number of esters is 1. The van der Waals surface area contributed by atoms with E-state index in [1.807, 2.05) is 6.92 Å². The van der Waals surface area contributed by atoms with Gasteiger partial charge in [0.2, 0.25) is 0 Å². The minimum absolute atomic E-state index is 0.237. The quantitative estimate of drug-likeness (QED) is 0.857. The van der Waals surface area contributed by atoms with Crippen molar-refractivity contribution in [2.45, 2.75) is 13.8 Å². The summed E-state index contributed by atoms with van der Waals surface area (Å²) in [5.74, 6) is 0.0855. The van der Waals surface area contributed by atoms with Gasteiger partial charge in [-0.1, -0.05) is 0 Å². The van der Waals surface area contributed by atoms with E-state index in [0.717, 1.165) is 5.56 Å². The summed E-state index contributed by atoms with van der Waals surface area (Å²) in [4.78, 5) is 24.4. The topological polar surface area (TPSA) is 64.6 Å². The average molecular weight is 319 g/mol. The highest BCUT2D eigenvalue weighted by atomic mass is 32.1. The van der Waals surface area contributed by atoms with Gasteiger partial charge in [0.05, 0.1) is 18.7 Å². The van der Waals surface area contributed by atoms with E-state index < -0.39 is 0 Å². The van der Waals surface area contributed by atoms with Crippen molar-refractivity contribution in [3.63, 3.8) is 0 Å². The molecule has 0 aliphatic carbocycles. The van der Waals surface area contributed by atoms with Gasteiger partial charge in [0.1, 0.15) is 10.6 Å². The zero-order valence-corrected chi connectivity index (χ0v) is 13.5. The predicted molar refractivity (Wildman–Crippen MR) is 86.0 cm³/mol. The van der Waals surface area contributed by atoms with E-state index >= 15 is 0 Å². The molecule has 1 aromatic heterocycles. The third-order valence-electron chi connectivity index (χ3n) is 2.97. The van der Waals surface area contributed by atoms with Crippen LogP contribution in [0, 0.1) is 6.92 Å². The Kier molecular flexibility index (Phi) is 5.16. The molecule has 0 bridgehead atoms. The van der Waals surface area contributed by atoms with Gasteiger partial charge in [0.25, 0.3) is 5.91 Å². The first kappa shape index (κ1) is 16.0.